The molecule has 3 amide bonds. The molecule has 0 spiro atoms. The van der Waals surface area contributed by atoms with E-state index < -0.39 is 23.3 Å². The number of nitrogens with one attached hydrogen (secondary N) is 3. The molecule has 8 heteroatoms. The molecule has 25 heavy (non-hydrogen) atoms. The zero-order valence-electron chi connectivity index (χ0n) is 13.6. The molecule has 0 aliphatic heterocycles. The van der Waals surface area contributed by atoms with Crippen LogP contribution in [-0.4, -0.2) is 47.2 Å². The van der Waals surface area contributed by atoms with Gasteiger partial charge in [0, 0.05) is 18.2 Å². The number of carbonyl (C=O) groups is 3. The van der Waals surface area contributed by atoms with Gasteiger partial charge in [0.15, 0.2) is 5.54 Å². The molecule has 0 aromatic heterocycles. The molecule has 0 fully saturated rings. The van der Waals surface area contributed by atoms with Crippen molar-refractivity contribution in [3.05, 3.63) is 35.4 Å². The molecule has 1 aromatic carbocycles. The first-order chi connectivity index (χ1) is 11.9. The van der Waals surface area contributed by atoms with Crippen molar-refractivity contribution < 1.29 is 24.7 Å². The summed E-state index contributed by atoms with van der Waals surface area (Å²) in [6, 6.07) is 6.04. The molecule has 0 saturated carbocycles. The van der Waals surface area contributed by atoms with Gasteiger partial charge < -0.3 is 15.7 Å². The molecule has 130 valence electrons. The summed E-state index contributed by atoms with van der Waals surface area (Å²) in [7, 11) is 1.30. The molecule has 1 atom stereocenters. The van der Waals surface area contributed by atoms with Crippen LogP contribution in [0.4, 0.5) is 0 Å². The van der Waals surface area contributed by atoms with Crippen LogP contribution < -0.4 is 16.1 Å². The maximum atomic E-state index is 12.3. The van der Waals surface area contributed by atoms with Crippen LogP contribution in [0.3, 0.4) is 0 Å². The minimum absolute atomic E-state index is 0.188. The highest BCUT2D eigenvalue weighted by Crippen LogP contribution is 2.09. The Morgan fingerprint density at radius 2 is 1.76 bits per heavy atom. The van der Waals surface area contributed by atoms with Crippen LogP contribution in [0.25, 0.3) is 0 Å². The molecular formula is C17H17N3O5. The SMILES string of the molecule is CNC(=O)C(C)(NC(=O)c1ccc(C#CC#CCO)cc1)C(=O)NO. The fourth-order valence-electron chi connectivity index (χ4n) is 1.77. The van der Waals surface area contributed by atoms with E-state index in [9.17, 15) is 14.4 Å². The molecule has 0 heterocycles. The second-order valence-corrected chi connectivity index (χ2v) is 4.89. The van der Waals surface area contributed by atoms with Gasteiger partial charge in [0.1, 0.15) is 6.61 Å². The first-order valence-corrected chi connectivity index (χ1v) is 7.08. The summed E-state index contributed by atoms with van der Waals surface area (Å²) >= 11 is 0. The van der Waals surface area contributed by atoms with E-state index >= 15 is 0 Å². The van der Waals surface area contributed by atoms with Gasteiger partial charge in [-0.3, -0.25) is 19.6 Å². The summed E-state index contributed by atoms with van der Waals surface area (Å²) in [5, 5.41) is 21.8. The van der Waals surface area contributed by atoms with Gasteiger partial charge in [0.25, 0.3) is 17.7 Å². The van der Waals surface area contributed by atoms with Crippen molar-refractivity contribution in [2.24, 2.45) is 0 Å². The zero-order chi connectivity index (χ0) is 18.9. The van der Waals surface area contributed by atoms with Crippen molar-refractivity contribution in [3.63, 3.8) is 0 Å². The number of amides is 3. The highest BCUT2D eigenvalue weighted by molar-refractivity contribution is 6.12. The molecule has 1 unspecified atom stereocenters. The monoisotopic (exact) mass is 343 g/mol. The Hall–Kier alpha value is -3.33. The van der Waals surface area contributed by atoms with Crippen LogP contribution in [0.15, 0.2) is 24.3 Å². The smallest absolute Gasteiger partial charge is 0.278 e. The molecule has 0 saturated heterocycles. The Morgan fingerprint density at radius 1 is 1.12 bits per heavy atom. The van der Waals surface area contributed by atoms with E-state index in [1.807, 2.05) is 0 Å². The van der Waals surface area contributed by atoms with Crippen LogP contribution in [0.5, 0.6) is 0 Å². The Labute approximate surface area is 144 Å². The number of carbonyl (C=O) groups excluding carboxylic acids is 3. The van der Waals surface area contributed by atoms with Gasteiger partial charge in [-0.15, -0.1) is 0 Å². The lowest BCUT2D eigenvalue weighted by Gasteiger charge is -2.26. The van der Waals surface area contributed by atoms with Crippen molar-refractivity contribution in [1.29, 1.82) is 0 Å². The van der Waals surface area contributed by atoms with Crippen LogP contribution in [0.1, 0.15) is 22.8 Å². The van der Waals surface area contributed by atoms with Crippen molar-refractivity contribution in [2.75, 3.05) is 13.7 Å². The van der Waals surface area contributed by atoms with Crippen LogP contribution >= 0.6 is 0 Å². The fourth-order valence-corrected chi connectivity index (χ4v) is 1.77. The van der Waals surface area contributed by atoms with Crippen LogP contribution in [0.2, 0.25) is 0 Å². The normalized spacial score (nSPS) is 11.5. The lowest BCUT2D eigenvalue weighted by molar-refractivity contribution is -0.143. The third kappa shape index (κ3) is 5.08. The van der Waals surface area contributed by atoms with E-state index in [-0.39, 0.29) is 12.2 Å². The van der Waals surface area contributed by atoms with Crippen LogP contribution in [0, 0.1) is 23.7 Å². The average Bonchev–Trinajstić information content (AvgIpc) is 2.64. The maximum Gasteiger partial charge on any atom is 0.278 e. The standard InChI is InChI=1S/C17H17N3O5/c1-17(15(23)18-2,16(24)20-25)19-14(22)13-9-7-12(8-10-13)6-4-3-5-11-21/h7-10,21,25H,11H2,1-2H3,(H,18,23)(H,19,22)(H,20,24). The Bertz CT molecular complexity index is 762. The first kappa shape index (κ1) is 19.7. The Kier molecular flexibility index (Phi) is 7.16. The maximum absolute atomic E-state index is 12.3. The molecule has 0 radical (unpaired) electrons. The number of benzene rings is 1. The molecule has 1 rings (SSSR count). The number of aliphatic hydroxyl groups excluding tert-OH is 1. The van der Waals surface area contributed by atoms with Crippen LogP contribution in [-0.2, 0) is 9.59 Å². The third-order valence-corrected chi connectivity index (χ3v) is 3.18. The van der Waals surface area contributed by atoms with Gasteiger partial charge in [-0.05, 0) is 43.0 Å². The zero-order valence-corrected chi connectivity index (χ0v) is 13.6. The van der Waals surface area contributed by atoms with Gasteiger partial charge in [-0.1, -0.05) is 11.8 Å². The van der Waals surface area contributed by atoms with Crippen molar-refractivity contribution >= 4 is 17.7 Å². The number of likely N-dealkylation sites (N-methyl/N-ethyl adjacent to an activating group) is 1. The highest BCUT2D eigenvalue weighted by Gasteiger charge is 2.42. The Morgan fingerprint density at radius 3 is 2.28 bits per heavy atom. The summed E-state index contributed by atoms with van der Waals surface area (Å²) < 4.78 is 0. The van der Waals surface area contributed by atoms with E-state index in [0.29, 0.717) is 5.56 Å². The van der Waals surface area contributed by atoms with E-state index in [1.54, 1.807) is 12.1 Å². The molecule has 8 nitrogen and oxygen atoms in total. The second-order valence-electron chi connectivity index (χ2n) is 4.89. The van der Waals surface area contributed by atoms with E-state index in [2.05, 4.69) is 34.3 Å². The number of rotatable bonds is 4. The largest absolute Gasteiger partial charge is 0.384 e. The van der Waals surface area contributed by atoms with Crippen molar-refractivity contribution in [3.8, 4) is 23.7 Å². The molecule has 1 aromatic rings. The molecule has 0 aliphatic rings. The summed E-state index contributed by atoms with van der Waals surface area (Å²) in [5.41, 5.74) is 0.146. The molecule has 5 N–H and O–H groups in total. The topological polar surface area (TPSA) is 128 Å². The first-order valence-electron chi connectivity index (χ1n) is 7.08. The predicted octanol–water partition coefficient (Wildman–Crippen LogP) is -1.23. The molecule has 0 aliphatic carbocycles. The molecule has 0 bridgehead atoms. The Balaban J connectivity index is 2.97. The van der Waals surface area contributed by atoms with Crippen molar-refractivity contribution in [2.45, 2.75) is 12.5 Å². The minimum Gasteiger partial charge on any atom is -0.384 e. The second kappa shape index (κ2) is 9.08. The van der Waals surface area contributed by atoms with Gasteiger partial charge in [-0.2, -0.15) is 0 Å². The van der Waals surface area contributed by atoms with Gasteiger partial charge in [0.2, 0.25) is 0 Å². The third-order valence-electron chi connectivity index (χ3n) is 3.18. The number of aliphatic hydroxyl groups is 1. The fraction of sp³-hybridized carbons (Fsp3) is 0.235. The highest BCUT2D eigenvalue weighted by atomic mass is 16.5. The lowest BCUT2D eigenvalue weighted by atomic mass is 9.99. The lowest BCUT2D eigenvalue weighted by Crippen LogP contribution is -2.64. The summed E-state index contributed by atoms with van der Waals surface area (Å²) in [6.07, 6.45) is 0. The minimum atomic E-state index is -1.99. The summed E-state index contributed by atoms with van der Waals surface area (Å²) in [6.45, 7) is 0.883. The molecular weight excluding hydrogens is 326 g/mol. The van der Waals surface area contributed by atoms with Gasteiger partial charge in [-0.25, -0.2) is 5.48 Å². The van der Waals surface area contributed by atoms with E-state index in [4.69, 9.17) is 10.3 Å². The quantitative estimate of drug-likeness (QED) is 0.202. The summed E-state index contributed by atoms with van der Waals surface area (Å²) in [5.74, 6) is 7.51. The predicted molar refractivity (Wildman–Crippen MR) is 88.0 cm³/mol. The number of hydrogen-bond donors (Lipinski definition) is 5. The number of hydrogen-bond acceptors (Lipinski definition) is 5. The van der Waals surface area contributed by atoms with Gasteiger partial charge in [0.05, 0.1) is 0 Å². The van der Waals surface area contributed by atoms with Gasteiger partial charge >= 0.3 is 0 Å². The summed E-state index contributed by atoms with van der Waals surface area (Å²) in [4.78, 5) is 35.9. The average molecular weight is 343 g/mol. The van der Waals surface area contributed by atoms with E-state index in [0.717, 1.165) is 6.92 Å². The van der Waals surface area contributed by atoms with Crippen molar-refractivity contribution in [1.82, 2.24) is 16.1 Å². The number of hydroxylamine groups is 1. The van der Waals surface area contributed by atoms with E-state index in [1.165, 1.54) is 24.7 Å².